The Morgan fingerprint density at radius 1 is 1.13 bits per heavy atom. The first kappa shape index (κ1) is 15.1. The van der Waals surface area contributed by atoms with E-state index < -0.39 is 6.03 Å². The van der Waals surface area contributed by atoms with Crippen molar-refractivity contribution in [2.24, 2.45) is 5.73 Å². The lowest BCUT2D eigenvalue weighted by Crippen LogP contribution is -2.33. The molecule has 0 atom stereocenters. The average Bonchev–Trinajstić information content (AvgIpc) is 2.91. The zero-order valence-corrected chi connectivity index (χ0v) is 13.1. The third kappa shape index (κ3) is 3.02. The maximum atomic E-state index is 12.0. The molecule has 1 heterocycles. The normalized spacial score (nSPS) is 10.5. The van der Waals surface area contributed by atoms with Gasteiger partial charge in [0, 0.05) is 5.02 Å². The number of nitrogens with zero attached hydrogens (tertiary/aromatic N) is 4. The Labute approximate surface area is 138 Å². The number of amides is 2. The highest BCUT2D eigenvalue weighted by Gasteiger charge is 2.22. The minimum absolute atomic E-state index is 0.323. The van der Waals surface area contributed by atoms with Crippen molar-refractivity contribution in [3.05, 3.63) is 65.4 Å². The van der Waals surface area contributed by atoms with Gasteiger partial charge in [-0.1, -0.05) is 29.8 Å². The van der Waals surface area contributed by atoms with Crippen LogP contribution in [0, 0.1) is 6.92 Å². The van der Waals surface area contributed by atoms with E-state index in [2.05, 4.69) is 10.1 Å². The van der Waals surface area contributed by atoms with Gasteiger partial charge in [-0.25, -0.2) is 9.69 Å². The molecule has 0 aliphatic rings. The number of primary amides is 1. The Morgan fingerprint density at radius 2 is 1.78 bits per heavy atom. The lowest BCUT2D eigenvalue weighted by atomic mass is 10.3. The number of hydrogen-bond donors (Lipinski definition) is 1. The summed E-state index contributed by atoms with van der Waals surface area (Å²) in [5, 5.41) is 4.93. The van der Waals surface area contributed by atoms with Gasteiger partial charge in [-0.05, 0) is 43.3 Å². The molecule has 0 aliphatic carbocycles. The van der Waals surface area contributed by atoms with Crippen LogP contribution >= 0.6 is 11.6 Å². The zero-order chi connectivity index (χ0) is 16.4. The molecule has 0 aliphatic heterocycles. The number of aryl methyl sites for hydroxylation is 1. The van der Waals surface area contributed by atoms with Crippen LogP contribution in [-0.4, -0.2) is 20.8 Å². The minimum atomic E-state index is -0.656. The van der Waals surface area contributed by atoms with Gasteiger partial charge in [0.1, 0.15) is 5.82 Å². The highest BCUT2D eigenvalue weighted by molar-refractivity contribution is 6.30. The van der Waals surface area contributed by atoms with Crippen LogP contribution in [-0.2, 0) is 0 Å². The van der Waals surface area contributed by atoms with Gasteiger partial charge in [0.05, 0.1) is 11.4 Å². The Balaban J connectivity index is 2.15. The van der Waals surface area contributed by atoms with E-state index in [1.165, 1.54) is 4.90 Å². The van der Waals surface area contributed by atoms with Gasteiger partial charge in [0.25, 0.3) is 0 Å². The van der Waals surface area contributed by atoms with Crippen LogP contribution in [0.1, 0.15) is 5.82 Å². The van der Waals surface area contributed by atoms with Crippen molar-refractivity contribution in [1.82, 2.24) is 14.8 Å². The van der Waals surface area contributed by atoms with Crippen molar-refractivity contribution in [3.63, 3.8) is 0 Å². The quantitative estimate of drug-likeness (QED) is 0.800. The van der Waals surface area contributed by atoms with Crippen molar-refractivity contribution in [1.29, 1.82) is 0 Å². The first-order chi connectivity index (χ1) is 11.1. The summed E-state index contributed by atoms with van der Waals surface area (Å²) in [4.78, 5) is 17.7. The molecule has 0 spiro atoms. The third-order valence-electron chi connectivity index (χ3n) is 3.20. The molecule has 116 valence electrons. The SMILES string of the molecule is Cc1nc(N(C(N)=O)c2ccc(Cl)cc2)n(-c2ccccc2)n1. The predicted octanol–water partition coefficient (Wildman–Crippen LogP) is 3.45. The fourth-order valence-corrected chi connectivity index (χ4v) is 2.35. The highest BCUT2D eigenvalue weighted by Crippen LogP contribution is 2.27. The fourth-order valence-electron chi connectivity index (χ4n) is 2.22. The Kier molecular flexibility index (Phi) is 3.99. The summed E-state index contributed by atoms with van der Waals surface area (Å²) in [6.07, 6.45) is 0. The number of anilines is 2. The molecule has 0 unspecified atom stereocenters. The molecule has 0 saturated carbocycles. The molecular weight excluding hydrogens is 314 g/mol. The van der Waals surface area contributed by atoms with Crippen molar-refractivity contribution in [2.45, 2.75) is 6.92 Å². The first-order valence-corrected chi connectivity index (χ1v) is 7.28. The van der Waals surface area contributed by atoms with E-state index in [1.54, 1.807) is 35.9 Å². The smallest absolute Gasteiger partial charge is 0.326 e. The predicted molar refractivity (Wildman–Crippen MR) is 89.3 cm³/mol. The molecule has 2 N–H and O–H groups in total. The highest BCUT2D eigenvalue weighted by atomic mass is 35.5. The molecule has 3 aromatic rings. The van der Waals surface area contributed by atoms with Gasteiger partial charge in [-0.3, -0.25) is 0 Å². The van der Waals surface area contributed by atoms with Crippen molar-refractivity contribution in [3.8, 4) is 5.69 Å². The number of nitrogens with two attached hydrogens (primary N) is 1. The molecule has 0 bridgehead atoms. The molecule has 1 aromatic heterocycles. The van der Waals surface area contributed by atoms with Crippen LogP contribution in [0.2, 0.25) is 5.02 Å². The molecule has 23 heavy (non-hydrogen) atoms. The summed E-state index contributed by atoms with van der Waals surface area (Å²) in [6, 6.07) is 15.5. The van der Waals surface area contributed by atoms with Crippen LogP contribution in [0.3, 0.4) is 0 Å². The molecule has 7 heteroatoms. The number of hydrogen-bond acceptors (Lipinski definition) is 3. The number of halogens is 1. The van der Waals surface area contributed by atoms with E-state index in [4.69, 9.17) is 17.3 Å². The number of para-hydroxylation sites is 1. The maximum absolute atomic E-state index is 12.0. The summed E-state index contributed by atoms with van der Waals surface area (Å²) < 4.78 is 1.58. The lowest BCUT2D eigenvalue weighted by molar-refractivity contribution is 0.255. The van der Waals surface area contributed by atoms with Crippen LogP contribution in [0.5, 0.6) is 0 Å². The summed E-state index contributed by atoms with van der Waals surface area (Å²) in [6.45, 7) is 1.75. The van der Waals surface area contributed by atoms with Crippen LogP contribution in [0.25, 0.3) is 5.69 Å². The van der Waals surface area contributed by atoms with Gasteiger partial charge in [-0.2, -0.15) is 9.67 Å². The standard InChI is InChI=1S/C16H14ClN5O/c1-11-19-16(22(20-11)14-5-3-2-4-6-14)21(15(18)23)13-9-7-12(17)8-10-13/h2-10H,1H3,(H2,18,23). The number of urea groups is 1. The molecular formula is C16H14ClN5O. The number of aromatic nitrogens is 3. The number of rotatable bonds is 3. The fraction of sp³-hybridized carbons (Fsp3) is 0.0625. The van der Waals surface area contributed by atoms with Crippen molar-refractivity contribution < 1.29 is 4.79 Å². The number of carbonyl (C=O) groups is 1. The lowest BCUT2D eigenvalue weighted by Gasteiger charge is -2.19. The van der Waals surface area contributed by atoms with Gasteiger partial charge >= 0.3 is 6.03 Å². The van der Waals surface area contributed by atoms with E-state index >= 15 is 0 Å². The summed E-state index contributed by atoms with van der Waals surface area (Å²) in [7, 11) is 0. The van der Waals surface area contributed by atoms with E-state index in [1.807, 2.05) is 30.3 Å². The summed E-state index contributed by atoms with van der Waals surface area (Å²) in [5.74, 6) is 0.854. The summed E-state index contributed by atoms with van der Waals surface area (Å²) in [5.41, 5.74) is 6.91. The van der Waals surface area contributed by atoms with Crippen LogP contribution in [0.4, 0.5) is 16.4 Å². The second kappa shape index (κ2) is 6.10. The monoisotopic (exact) mass is 327 g/mol. The Hall–Kier alpha value is -2.86. The minimum Gasteiger partial charge on any atom is -0.351 e. The Morgan fingerprint density at radius 3 is 2.39 bits per heavy atom. The second-order valence-corrected chi connectivity index (χ2v) is 5.29. The van der Waals surface area contributed by atoms with Gasteiger partial charge in [0.15, 0.2) is 0 Å². The van der Waals surface area contributed by atoms with E-state index in [0.29, 0.717) is 22.5 Å². The molecule has 0 radical (unpaired) electrons. The van der Waals surface area contributed by atoms with Crippen LogP contribution in [0.15, 0.2) is 54.6 Å². The maximum Gasteiger partial charge on any atom is 0.326 e. The second-order valence-electron chi connectivity index (χ2n) is 4.86. The Bertz CT molecular complexity index is 829. The first-order valence-electron chi connectivity index (χ1n) is 6.90. The molecule has 3 rings (SSSR count). The van der Waals surface area contributed by atoms with E-state index in [9.17, 15) is 4.79 Å². The van der Waals surface area contributed by atoms with Gasteiger partial charge in [-0.15, -0.1) is 5.10 Å². The molecule has 2 amide bonds. The van der Waals surface area contributed by atoms with Gasteiger partial charge in [0.2, 0.25) is 5.95 Å². The van der Waals surface area contributed by atoms with Crippen molar-refractivity contribution in [2.75, 3.05) is 4.90 Å². The largest absolute Gasteiger partial charge is 0.351 e. The number of carbonyl (C=O) groups excluding carboxylic acids is 1. The molecule has 2 aromatic carbocycles. The van der Waals surface area contributed by atoms with Crippen molar-refractivity contribution >= 4 is 29.3 Å². The van der Waals surface area contributed by atoms with Crippen LogP contribution < -0.4 is 10.6 Å². The number of benzene rings is 2. The molecule has 6 nitrogen and oxygen atoms in total. The molecule has 0 fully saturated rings. The third-order valence-corrected chi connectivity index (χ3v) is 3.45. The summed E-state index contributed by atoms with van der Waals surface area (Å²) >= 11 is 5.91. The van der Waals surface area contributed by atoms with Gasteiger partial charge < -0.3 is 5.73 Å². The van der Waals surface area contributed by atoms with E-state index in [0.717, 1.165) is 5.69 Å². The molecule has 0 saturated heterocycles. The topological polar surface area (TPSA) is 77.0 Å². The average molecular weight is 328 g/mol. The zero-order valence-electron chi connectivity index (χ0n) is 12.3. The van der Waals surface area contributed by atoms with E-state index in [-0.39, 0.29) is 0 Å².